The van der Waals surface area contributed by atoms with Gasteiger partial charge in [0, 0.05) is 18.4 Å². The fourth-order valence-corrected chi connectivity index (χ4v) is 1.64. The molecule has 0 aromatic rings. The van der Waals surface area contributed by atoms with Crippen LogP contribution in [0, 0.1) is 11.8 Å². The molecule has 0 aromatic carbocycles. The molecular formula is C9H17NO. The third-order valence-corrected chi connectivity index (χ3v) is 2.36. The molecule has 1 aliphatic heterocycles. The second kappa shape index (κ2) is 3.35. The van der Waals surface area contributed by atoms with Gasteiger partial charge in [-0.15, -0.1) is 0 Å². The van der Waals surface area contributed by atoms with E-state index in [1.54, 1.807) is 0 Å². The van der Waals surface area contributed by atoms with Crippen molar-refractivity contribution in [2.24, 2.45) is 11.8 Å². The van der Waals surface area contributed by atoms with Crippen molar-refractivity contribution < 1.29 is 4.79 Å². The van der Waals surface area contributed by atoms with Crippen LogP contribution in [0.1, 0.15) is 20.3 Å². The Hall–Kier alpha value is -0.370. The first-order valence-corrected chi connectivity index (χ1v) is 4.33. The van der Waals surface area contributed by atoms with E-state index in [2.05, 4.69) is 11.9 Å². The van der Waals surface area contributed by atoms with Gasteiger partial charge in [0.05, 0.1) is 0 Å². The molecule has 1 saturated heterocycles. The molecule has 0 bridgehead atoms. The molecule has 1 atom stereocenters. The van der Waals surface area contributed by atoms with Gasteiger partial charge in [0.2, 0.25) is 0 Å². The monoisotopic (exact) mass is 155 g/mol. The van der Waals surface area contributed by atoms with Crippen LogP contribution in [0.2, 0.25) is 0 Å². The Balaban J connectivity index is 2.43. The Morgan fingerprint density at radius 1 is 1.55 bits per heavy atom. The zero-order chi connectivity index (χ0) is 8.43. The average molecular weight is 155 g/mol. The van der Waals surface area contributed by atoms with Gasteiger partial charge in [-0.3, -0.25) is 4.79 Å². The average Bonchev–Trinajstić information content (AvgIpc) is 2.34. The minimum Gasteiger partial charge on any atom is -0.306 e. The van der Waals surface area contributed by atoms with E-state index in [0.29, 0.717) is 11.7 Å². The fraction of sp³-hybridized carbons (Fsp3) is 0.889. The predicted molar refractivity (Wildman–Crippen MR) is 45.4 cm³/mol. The van der Waals surface area contributed by atoms with Gasteiger partial charge in [0.1, 0.15) is 5.78 Å². The van der Waals surface area contributed by atoms with Gasteiger partial charge in [-0.2, -0.15) is 0 Å². The lowest BCUT2D eigenvalue weighted by Crippen LogP contribution is -2.22. The van der Waals surface area contributed by atoms with Crippen molar-refractivity contribution in [2.45, 2.75) is 20.3 Å². The molecule has 0 spiro atoms. The Morgan fingerprint density at radius 3 is 2.55 bits per heavy atom. The summed E-state index contributed by atoms with van der Waals surface area (Å²) in [6.45, 7) is 6.03. The van der Waals surface area contributed by atoms with Crippen LogP contribution >= 0.6 is 0 Å². The Kier molecular flexibility index (Phi) is 2.66. The van der Waals surface area contributed by atoms with Crippen LogP contribution in [0.25, 0.3) is 0 Å². The van der Waals surface area contributed by atoms with Crippen molar-refractivity contribution in [3.63, 3.8) is 0 Å². The maximum Gasteiger partial charge on any atom is 0.139 e. The third-order valence-electron chi connectivity index (χ3n) is 2.36. The van der Waals surface area contributed by atoms with E-state index in [0.717, 1.165) is 19.5 Å². The first kappa shape index (κ1) is 8.72. The fourth-order valence-electron chi connectivity index (χ4n) is 1.64. The van der Waals surface area contributed by atoms with E-state index in [1.807, 2.05) is 13.8 Å². The van der Waals surface area contributed by atoms with Gasteiger partial charge in [-0.25, -0.2) is 0 Å². The molecule has 0 radical (unpaired) electrons. The smallest absolute Gasteiger partial charge is 0.139 e. The number of nitrogens with zero attached hydrogens (tertiary/aromatic N) is 1. The number of hydrogen-bond acceptors (Lipinski definition) is 2. The molecule has 1 aliphatic rings. The van der Waals surface area contributed by atoms with Gasteiger partial charge in [-0.05, 0) is 20.0 Å². The normalized spacial score (nSPS) is 26.4. The summed E-state index contributed by atoms with van der Waals surface area (Å²) in [5.74, 6) is 0.973. The first-order valence-electron chi connectivity index (χ1n) is 4.33. The highest BCUT2D eigenvalue weighted by Crippen LogP contribution is 2.18. The number of Topliss-reactive ketones (excluding diaryl/α,β-unsaturated/α-hetero) is 1. The quantitative estimate of drug-likeness (QED) is 0.596. The Bertz CT molecular complexity index is 154. The number of carbonyl (C=O) groups is 1. The van der Waals surface area contributed by atoms with Gasteiger partial charge in [0.25, 0.3) is 0 Å². The Labute approximate surface area is 68.6 Å². The molecule has 2 nitrogen and oxygen atoms in total. The van der Waals surface area contributed by atoms with Crippen LogP contribution in [0.3, 0.4) is 0 Å². The van der Waals surface area contributed by atoms with Gasteiger partial charge in [0.15, 0.2) is 0 Å². The standard InChI is InChI=1S/C9H17NO/c1-7(2)9(11)8-4-5-10(3)6-8/h7-8H,4-6H2,1-3H3/t8-/m1/s1. The summed E-state index contributed by atoms with van der Waals surface area (Å²) in [5, 5.41) is 0. The van der Waals surface area contributed by atoms with Gasteiger partial charge in [-0.1, -0.05) is 13.8 Å². The minimum absolute atomic E-state index is 0.214. The highest BCUT2D eigenvalue weighted by Gasteiger charge is 2.27. The summed E-state index contributed by atoms with van der Waals surface area (Å²) in [7, 11) is 2.08. The van der Waals surface area contributed by atoms with Gasteiger partial charge >= 0.3 is 0 Å². The number of rotatable bonds is 2. The predicted octanol–water partition coefficient (Wildman–Crippen LogP) is 1.16. The lowest BCUT2D eigenvalue weighted by molar-refractivity contribution is -0.125. The summed E-state index contributed by atoms with van der Waals surface area (Å²) in [6.07, 6.45) is 1.06. The Morgan fingerprint density at radius 2 is 2.18 bits per heavy atom. The largest absolute Gasteiger partial charge is 0.306 e. The number of ketones is 1. The summed E-state index contributed by atoms with van der Waals surface area (Å²) in [4.78, 5) is 13.7. The maximum atomic E-state index is 11.5. The summed E-state index contributed by atoms with van der Waals surface area (Å²) < 4.78 is 0. The summed E-state index contributed by atoms with van der Waals surface area (Å²) in [6, 6.07) is 0. The van der Waals surface area contributed by atoms with E-state index in [1.165, 1.54) is 0 Å². The molecule has 0 aliphatic carbocycles. The molecular weight excluding hydrogens is 138 g/mol. The van der Waals surface area contributed by atoms with Crippen molar-refractivity contribution in [1.29, 1.82) is 0 Å². The highest BCUT2D eigenvalue weighted by molar-refractivity contribution is 5.83. The molecule has 2 heteroatoms. The first-order chi connectivity index (χ1) is 5.11. The molecule has 1 fully saturated rings. The number of carbonyl (C=O) groups excluding carboxylic acids is 1. The molecule has 0 amide bonds. The van der Waals surface area contributed by atoms with Crippen molar-refractivity contribution in [2.75, 3.05) is 20.1 Å². The second-order valence-corrected chi connectivity index (χ2v) is 3.80. The van der Waals surface area contributed by atoms with Crippen LogP contribution in [0.15, 0.2) is 0 Å². The zero-order valence-electron chi connectivity index (χ0n) is 7.63. The topological polar surface area (TPSA) is 20.3 Å². The molecule has 1 rings (SSSR count). The highest BCUT2D eigenvalue weighted by atomic mass is 16.1. The zero-order valence-corrected chi connectivity index (χ0v) is 7.63. The molecule has 0 saturated carbocycles. The van der Waals surface area contributed by atoms with Crippen LogP contribution in [0.5, 0.6) is 0 Å². The second-order valence-electron chi connectivity index (χ2n) is 3.80. The van der Waals surface area contributed by atoms with Crippen LogP contribution in [-0.2, 0) is 4.79 Å². The van der Waals surface area contributed by atoms with Crippen molar-refractivity contribution in [3.05, 3.63) is 0 Å². The van der Waals surface area contributed by atoms with E-state index in [4.69, 9.17) is 0 Å². The lowest BCUT2D eigenvalue weighted by Gasteiger charge is -2.11. The van der Waals surface area contributed by atoms with Crippen LogP contribution < -0.4 is 0 Å². The lowest BCUT2D eigenvalue weighted by atomic mass is 9.95. The maximum absolute atomic E-state index is 11.5. The molecule has 0 aromatic heterocycles. The van der Waals surface area contributed by atoms with Crippen molar-refractivity contribution >= 4 is 5.78 Å². The molecule has 0 N–H and O–H groups in total. The molecule has 1 heterocycles. The van der Waals surface area contributed by atoms with Crippen molar-refractivity contribution in [3.8, 4) is 0 Å². The van der Waals surface area contributed by atoms with E-state index < -0.39 is 0 Å². The minimum atomic E-state index is 0.214. The van der Waals surface area contributed by atoms with Gasteiger partial charge < -0.3 is 4.90 Å². The molecule has 11 heavy (non-hydrogen) atoms. The van der Waals surface area contributed by atoms with Crippen LogP contribution in [0.4, 0.5) is 0 Å². The van der Waals surface area contributed by atoms with Crippen molar-refractivity contribution in [1.82, 2.24) is 4.90 Å². The third kappa shape index (κ3) is 2.03. The number of hydrogen-bond donors (Lipinski definition) is 0. The van der Waals surface area contributed by atoms with Crippen LogP contribution in [-0.4, -0.2) is 30.8 Å². The summed E-state index contributed by atoms with van der Waals surface area (Å²) >= 11 is 0. The van der Waals surface area contributed by atoms with E-state index in [-0.39, 0.29) is 5.92 Å². The van der Waals surface area contributed by atoms with E-state index in [9.17, 15) is 4.79 Å². The molecule has 0 unspecified atom stereocenters. The summed E-state index contributed by atoms with van der Waals surface area (Å²) in [5.41, 5.74) is 0. The number of likely N-dealkylation sites (tertiary alicyclic amines) is 1. The van der Waals surface area contributed by atoms with E-state index >= 15 is 0 Å². The molecule has 64 valence electrons. The SMILES string of the molecule is CC(C)C(=O)[C@@H]1CCN(C)C1.